The lowest BCUT2D eigenvalue weighted by Gasteiger charge is -2.18. The van der Waals surface area contributed by atoms with Crippen molar-refractivity contribution in [2.75, 3.05) is 0 Å². The van der Waals surface area contributed by atoms with Crippen molar-refractivity contribution in [3.8, 4) is 0 Å². The van der Waals surface area contributed by atoms with Gasteiger partial charge in [-0.05, 0) is 0 Å². The van der Waals surface area contributed by atoms with E-state index in [0.29, 0.717) is 5.69 Å². The zero-order valence-electron chi connectivity index (χ0n) is 8.06. The monoisotopic (exact) mass is 179 g/mol. The third kappa shape index (κ3) is 2.82. The van der Waals surface area contributed by atoms with Crippen LogP contribution in [-0.2, 0) is 0 Å². The second-order valence-electron chi connectivity index (χ2n) is 3.76. The maximum Gasteiger partial charge on any atom is 0.202 e. The highest BCUT2D eigenvalue weighted by Crippen LogP contribution is 2.04. The van der Waals surface area contributed by atoms with Gasteiger partial charge in [-0.15, -0.1) is 0 Å². The highest BCUT2D eigenvalue weighted by atomic mass is 16.5. The van der Waals surface area contributed by atoms with Gasteiger partial charge in [0.15, 0.2) is 5.54 Å². The van der Waals surface area contributed by atoms with E-state index < -0.39 is 5.54 Å². The van der Waals surface area contributed by atoms with Gasteiger partial charge in [0.25, 0.3) is 0 Å². The van der Waals surface area contributed by atoms with Crippen LogP contribution in [0.5, 0.6) is 0 Å². The van der Waals surface area contributed by atoms with E-state index in [4.69, 9.17) is 0 Å². The smallest absolute Gasteiger partial charge is 0.202 e. The molecule has 0 bridgehead atoms. The van der Waals surface area contributed by atoms with Gasteiger partial charge in [-0.25, -0.2) is 9.72 Å². The first-order chi connectivity index (χ1) is 6.00. The number of hydrogen-bond acceptors (Lipinski definition) is 3. The van der Waals surface area contributed by atoms with Crippen molar-refractivity contribution in [1.29, 1.82) is 0 Å². The summed E-state index contributed by atoms with van der Waals surface area (Å²) in [5, 5.41) is 11.4. The number of rotatable bonds is 1. The Hall–Kier alpha value is -1.45. The van der Waals surface area contributed by atoms with Gasteiger partial charge in [-0.3, -0.25) is 4.98 Å². The van der Waals surface area contributed by atoms with Crippen molar-refractivity contribution in [1.82, 2.24) is 9.97 Å². The van der Waals surface area contributed by atoms with Gasteiger partial charge in [-0.2, -0.15) is 0 Å². The van der Waals surface area contributed by atoms with E-state index in [0.717, 1.165) is 4.74 Å². The number of hydroxylamine groups is 1. The molecule has 1 aromatic rings. The van der Waals surface area contributed by atoms with Gasteiger partial charge in [-0.1, -0.05) is 0 Å². The van der Waals surface area contributed by atoms with E-state index in [9.17, 15) is 5.21 Å². The molecule has 1 rings (SSSR count). The first-order valence-corrected chi connectivity index (χ1v) is 4.07. The van der Waals surface area contributed by atoms with Crippen LogP contribution in [0.2, 0.25) is 0 Å². The Balaban J connectivity index is 2.90. The zero-order chi connectivity index (χ0) is 9.90. The largest absolute Gasteiger partial charge is 0.623 e. The minimum absolute atomic E-state index is 0.433. The molecule has 0 unspecified atom stereocenters. The molecule has 0 amide bonds. The fourth-order valence-electron chi connectivity index (χ4n) is 0.691. The fraction of sp³-hybridized carbons (Fsp3) is 0.444. The Bertz CT molecular complexity index is 300. The molecule has 0 aliphatic carbocycles. The Morgan fingerprint density at radius 3 is 2.54 bits per heavy atom. The summed E-state index contributed by atoms with van der Waals surface area (Å²) in [6, 6.07) is 0. The van der Waals surface area contributed by atoms with Crippen LogP contribution in [0.1, 0.15) is 26.5 Å². The third-order valence-electron chi connectivity index (χ3n) is 1.49. The Morgan fingerprint density at radius 1 is 1.38 bits per heavy atom. The maximum absolute atomic E-state index is 11.4. The molecular formula is C9H13N3O. The van der Waals surface area contributed by atoms with E-state index in [1.54, 1.807) is 18.6 Å². The average Bonchev–Trinajstić information content (AvgIpc) is 2.04. The van der Waals surface area contributed by atoms with Crippen LogP contribution in [0.3, 0.4) is 0 Å². The molecule has 70 valence electrons. The molecule has 0 fully saturated rings. The molecule has 1 aromatic heterocycles. The van der Waals surface area contributed by atoms with Crippen molar-refractivity contribution in [2.45, 2.75) is 26.3 Å². The highest BCUT2D eigenvalue weighted by Gasteiger charge is 2.18. The van der Waals surface area contributed by atoms with Crippen LogP contribution in [0.25, 0.3) is 0 Å². The number of nitrogens with zero attached hydrogens (tertiary/aromatic N) is 3. The topological polar surface area (TPSA) is 51.9 Å². The van der Waals surface area contributed by atoms with E-state index in [-0.39, 0.29) is 0 Å². The van der Waals surface area contributed by atoms with E-state index >= 15 is 0 Å². The van der Waals surface area contributed by atoms with Crippen LogP contribution in [0, 0.1) is 5.21 Å². The van der Waals surface area contributed by atoms with Crippen LogP contribution < -0.4 is 0 Å². The molecule has 0 N–H and O–H groups in total. The molecular weight excluding hydrogens is 166 g/mol. The molecule has 4 heteroatoms. The van der Waals surface area contributed by atoms with Crippen molar-refractivity contribution in [3.63, 3.8) is 0 Å². The lowest BCUT2D eigenvalue weighted by atomic mass is 10.1. The second-order valence-corrected chi connectivity index (χ2v) is 3.76. The first-order valence-electron chi connectivity index (χ1n) is 4.07. The molecule has 0 spiro atoms. The van der Waals surface area contributed by atoms with Gasteiger partial charge in [0, 0.05) is 33.2 Å². The Kier molecular flexibility index (Phi) is 2.60. The molecule has 0 saturated heterocycles. The molecule has 13 heavy (non-hydrogen) atoms. The van der Waals surface area contributed by atoms with Gasteiger partial charge in [0.05, 0.1) is 6.20 Å². The van der Waals surface area contributed by atoms with E-state index in [1.807, 2.05) is 20.8 Å². The van der Waals surface area contributed by atoms with Gasteiger partial charge < -0.3 is 5.21 Å². The molecule has 0 saturated carbocycles. The molecule has 0 aliphatic heterocycles. The molecule has 0 aromatic carbocycles. The molecule has 4 nitrogen and oxygen atoms in total. The minimum atomic E-state index is -0.433. The lowest BCUT2D eigenvalue weighted by molar-refractivity contribution is -0.530. The van der Waals surface area contributed by atoms with Crippen LogP contribution >= 0.6 is 0 Å². The lowest BCUT2D eigenvalue weighted by Crippen LogP contribution is -2.29. The van der Waals surface area contributed by atoms with E-state index in [2.05, 4.69) is 9.97 Å². The fourth-order valence-corrected chi connectivity index (χ4v) is 0.691. The summed E-state index contributed by atoms with van der Waals surface area (Å²) in [5.41, 5.74) is 0.143. The highest BCUT2D eigenvalue weighted by molar-refractivity contribution is 5.71. The third-order valence-corrected chi connectivity index (χ3v) is 1.49. The number of hydrogen-bond donors (Lipinski definition) is 0. The van der Waals surface area contributed by atoms with Crippen molar-refractivity contribution in [2.24, 2.45) is 0 Å². The van der Waals surface area contributed by atoms with E-state index in [1.165, 1.54) is 6.21 Å². The maximum atomic E-state index is 11.4. The summed E-state index contributed by atoms with van der Waals surface area (Å²) in [4.78, 5) is 7.83. The summed E-state index contributed by atoms with van der Waals surface area (Å²) < 4.78 is 0.872. The molecule has 0 atom stereocenters. The molecule has 0 radical (unpaired) electrons. The Labute approximate surface area is 77.5 Å². The summed E-state index contributed by atoms with van der Waals surface area (Å²) in [6.45, 7) is 5.52. The van der Waals surface area contributed by atoms with Crippen LogP contribution in [0.4, 0.5) is 0 Å². The standard InChI is InChI=1S/C9H13N3O/c1-9(2,3)12(13)7-8-6-10-4-5-11-8/h4-7H,1-3H3. The van der Waals surface area contributed by atoms with Gasteiger partial charge in [0.1, 0.15) is 5.69 Å². The summed E-state index contributed by atoms with van der Waals surface area (Å²) in [7, 11) is 0. The second kappa shape index (κ2) is 3.51. The molecule has 0 aliphatic rings. The van der Waals surface area contributed by atoms with Crippen LogP contribution in [-0.4, -0.2) is 26.5 Å². The summed E-state index contributed by atoms with van der Waals surface area (Å²) in [5.74, 6) is 0. The predicted molar refractivity (Wildman–Crippen MR) is 50.6 cm³/mol. The van der Waals surface area contributed by atoms with Gasteiger partial charge >= 0.3 is 0 Å². The zero-order valence-corrected chi connectivity index (χ0v) is 8.06. The number of aromatic nitrogens is 2. The predicted octanol–water partition coefficient (Wildman–Crippen LogP) is 1.20. The summed E-state index contributed by atoms with van der Waals surface area (Å²) >= 11 is 0. The SMILES string of the molecule is CC(C)(C)[N+]([O-])=Cc1cnccn1. The normalized spacial score (nSPS) is 13.0. The van der Waals surface area contributed by atoms with Crippen molar-refractivity contribution in [3.05, 3.63) is 29.5 Å². The minimum Gasteiger partial charge on any atom is -0.623 e. The van der Waals surface area contributed by atoms with Gasteiger partial charge in [0.2, 0.25) is 6.21 Å². The molecule has 1 heterocycles. The summed E-state index contributed by atoms with van der Waals surface area (Å²) in [6.07, 6.45) is 6.12. The average molecular weight is 179 g/mol. The Morgan fingerprint density at radius 2 is 2.08 bits per heavy atom. The quantitative estimate of drug-likeness (QED) is 0.282. The van der Waals surface area contributed by atoms with Crippen molar-refractivity contribution >= 4 is 6.21 Å². The first kappa shape index (κ1) is 9.64. The van der Waals surface area contributed by atoms with Crippen molar-refractivity contribution < 1.29 is 4.74 Å². The van der Waals surface area contributed by atoms with Crippen LogP contribution in [0.15, 0.2) is 18.6 Å².